The number of alkyl halides is 3. The summed E-state index contributed by atoms with van der Waals surface area (Å²) in [5.74, 6) is -0.560. The van der Waals surface area contributed by atoms with Gasteiger partial charge >= 0.3 is 12.1 Å². The van der Waals surface area contributed by atoms with Crippen LogP contribution >= 0.6 is 22.6 Å². The molecule has 0 fully saturated rings. The van der Waals surface area contributed by atoms with Crippen molar-refractivity contribution in [2.24, 2.45) is 5.73 Å². The normalized spacial score (nSPS) is 13.2. The Balaban J connectivity index is 3.03. The van der Waals surface area contributed by atoms with E-state index in [0.29, 0.717) is 3.57 Å². The highest BCUT2D eigenvalue weighted by Crippen LogP contribution is 2.32. The average Bonchev–Trinajstić information content (AvgIpc) is 2.26. The van der Waals surface area contributed by atoms with Crippen LogP contribution in [0.2, 0.25) is 0 Å². The molecule has 0 radical (unpaired) electrons. The highest BCUT2D eigenvalue weighted by molar-refractivity contribution is 14.1. The van der Waals surface area contributed by atoms with Gasteiger partial charge in [-0.25, -0.2) is 0 Å². The Hall–Kier alpha value is -0.830. The molecule has 2 N–H and O–H groups in total. The molecular weight excluding hydrogens is 362 g/mol. The Kier molecular flexibility index (Phi) is 4.97. The molecule has 0 aromatic heterocycles. The Morgan fingerprint density at radius 3 is 2.56 bits per heavy atom. The summed E-state index contributed by atoms with van der Waals surface area (Å²) in [6.45, 7) is 0. The van der Waals surface area contributed by atoms with Gasteiger partial charge < -0.3 is 10.5 Å². The second-order valence-corrected chi connectivity index (χ2v) is 4.90. The second-order valence-electron chi connectivity index (χ2n) is 3.66. The van der Waals surface area contributed by atoms with Crippen molar-refractivity contribution in [2.75, 3.05) is 7.11 Å². The molecular formula is C11H11F3INO2. The zero-order valence-corrected chi connectivity index (χ0v) is 11.6. The Labute approximate surface area is 116 Å². The maximum absolute atomic E-state index is 12.6. The van der Waals surface area contributed by atoms with Crippen LogP contribution in [0.4, 0.5) is 13.2 Å². The smallest absolute Gasteiger partial charge is 0.416 e. The molecule has 0 aliphatic carbocycles. The third kappa shape index (κ3) is 4.13. The molecule has 0 heterocycles. The zero-order valence-electron chi connectivity index (χ0n) is 9.42. The van der Waals surface area contributed by atoms with Gasteiger partial charge in [-0.2, -0.15) is 13.2 Å². The van der Waals surface area contributed by atoms with Crippen LogP contribution in [-0.4, -0.2) is 13.1 Å². The summed E-state index contributed by atoms with van der Waals surface area (Å²) in [4.78, 5) is 11.0. The molecule has 0 saturated heterocycles. The maximum Gasteiger partial charge on any atom is 0.416 e. The molecule has 1 aromatic rings. The summed E-state index contributed by atoms with van der Waals surface area (Å²) < 4.78 is 42.7. The van der Waals surface area contributed by atoms with Crippen molar-refractivity contribution in [3.63, 3.8) is 0 Å². The SMILES string of the molecule is COC(=O)C[C@H](N)c1cc(I)cc(C(F)(F)F)c1. The van der Waals surface area contributed by atoms with E-state index in [4.69, 9.17) is 5.73 Å². The lowest BCUT2D eigenvalue weighted by Gasteiger charge is -2.14. The van der Waals surface area contributed by atoms with Crippen LogP contribution in [0.3, 0.4) is 0 Å². The third-order valence-electron chi connectivity index (χ3n) is 2.29. The van der Waals surface area contributed by atoms with E-state index in [1.54, 1.807) is 22.6 Å². The number of ether oxygens (including phenoxy) is 1. The lowest BCUT2D eigenvalue weighted by Crippen LogP contribution is -2.17. The number of carbonyl (C=O) groups excluding carboxylic acids is 1. The summed E-state index contributed by atoms with van der Waals surface area (Å²) in [5, 5.41) is 0. The van der Waals surface area contributed by atoms with E-state index >= 15 is 0 Å². The molecule has 7 heteroatoms. The van der Waals surface area contributed by atoms with Crippen molar-refractivity contribution in [3.05, 3.63) is 32.9 Å². The topological polar surface area (TPSA) is 52.3 Å². The Bertz CT molecular complexity index is 448. The van der Waals surface area contributed by atoms with E-state index in [2.05, 4.69) is 4.74 Å². The van der Waals surface area contributed by atoms with E-state index < -0.39 is 23.8 Å². The van der Waals surface area contributed by atoms with Gasteiger partial charge in [-0.3, -0.25) is 4.79 Å². The van der Waals surface area contributed by atoms with Crippen LogP contribution < -0.4 is 5.73 Å². The van der Waals surface area contributed by atoms with E-state index in [0.717, 1.165) is 12.1 Å². The lowest BCUT2D eigenvalue weighted by atomic mass is 10.0. The van der Waals surface area contributed by atoms with Gasteiger partial charge in [-0.1, -0.05) is 0 Å². The molecule has 0 aliphatic heterocycles. The number of methoxy groups -OCH3 is 1. The molecule has 0 bridgehead atoms. The first kappa shape index (κ1) is 15.2. The van der Waals surface area contributed by atoms with Crippen LogP contribution in [0, 0.1) is 3.57 Å². The van der Waals surface area contributed by atoms with Gasteiger partial charge in [0.2, 0.25) is 0 Å². The van der Waals surface area contributed by atoms with Crippen molar-refractivity contribution in [2.45, 2.75) is 18.6 Å². The Morgan fingerprint density at radius 2 is 2.06 bits per heavy atom. The van der Waals surface area contributed by atoms with Crippen LogP contribution in [0.15, 0.2) is 18.2 Å². The summed E-state index contributed by atoms with van der Waals surface area (Å²) in [6, 6.07) is 2.68. The fraction of sp³-hybridized carbons (Fsp3) is 0.364. The predicted octanol–water partition coefficient (Wildman–Crippen LogP) is 2.87. The highest BCUT2D eigenvalue weighted by atomic mass is 127. The summed E-state index contributed by atoms with van der Waals surface area (Å²) in [7, 11) is 1.20. The number of esters is 1. The monoisotopic (exact) mass is 373 g/mol. The number of benzene rings is 1. The molecule has 0 unspecified atom stereocenters. The van der Waals surface area contributed by atoms with Gasteiger partial charge in [0, 0.05) is 9.61 Å². The zero-order chi connectivity index (χ0) is 13.9. The number of carbonyl (C=O) groups is 1. The molecule has 3 nitrogen and oxygen atoms in total. The number of rotatable bonds is 3. The number of nitrogens with two attached hydrogens (primary N) is 1. The average molecular weight is 373 g/mol. The second kappa shape index (κ2) is 5.87. The van der Waals surface area contributed by atoms with Crippen molar-refractivity contribution in [1.29, 1.82) is 0 Å². The minimum atomic E-state index is -4.43. The van der Waals surface area contributed by atoms with Gasteiger partial charge in [-0.15, -0.1) is 0 Å². The van der Waals surface area contributed by atoms with Crippen molar-refractivity contribution >= 4 is 28.6 Å². The minimum absolute atomic E-state index is 0.159. The van der Waals surface area contributed by atoms with Crippen molar-refractivity contribution in [1.82, 2.24) is 0 Å². The maximum atomic E-state index is 12.6. The van der Waals surface area contributed by atoms with Crippen LogP contribution in [0.25, 0.3) is 0 Å². The number of hydrogen-bond donors (Lipinski definition) is 1. The first-order valence-corrected chi connectivity index (χ1v) is 6.02. The Morgan fingerprint density at radius 1 is 1.44 bits per heavy atom. The van der Waals surface area contributed by atoms with Crippen molar-refractivity contribution in [3.8, 4) is 0 Å². The molecule has 1 rings (SSSR count). The van der Waals surface area contributed by atoms with Gasteiger partial charge in [0.05, 0.1) is 19.1 Å². The van der Waals surface area contributed by atoms with E-state index in [1.807, 2.05) is 0 Å². The third-order valence-corrected chi connectivity index (χ3v) is 2.91. The highest BCUT2D eigenvalue weighted by Gasteiger charge is 2.31. The number of hydrogen-bond acceptors (Lipinski definition) is 3. The molecule has 0 aliphatic rings. The molecule has 18 heavy (non-hydrogen) atoms. The lowest BCUT2D eigenvalue weighted by molar-refractivity contribution is -0.141. The summed E-state index contributed by atoms with van der Waals surface area (Å²) in [6.07, 6.45) is -4.59. The standard InChI is InChI=1S/C11H11F3INO2/c1-18-10(17)5-9(16)6-2-7(11(12,13)14)4-8(15)3-6/h2-4,9H,5,16H2,1H3/t9-/m0/s1. The van der Waals surface area contributed by atoms with E-state index in [-0.39, 0.29) is 12.0 Å². The quantitative estimate of drug-likeness (QED) is 0.655. The van der Waals surface area contributed by atoms with Crippen LogP contribution in [0.5, 0.6) is 0 Å². The molecule has 0 amide bonds. The molecule has 1 atom stereocenters. The molecule has 1 aromatic carbocycles. The number of halogens is 4. The van der Waals surface area contributed by atoms with Gasteiger partial charge in [0.25, 0.3) is 0 Å². The fourth-order valence-corrected chi connectivity index (χ4v) is 2.07. The van der Waals surface area contributed by atoms with Gasteiger partial charge in [0.15, 0.2) is 0 Å². The first-order chi connectivity index (χ1) is 8.24. The van der Waals surface area contributed by atoms with Gasteiger partial charge in [-0.05, 0) is 46.4 Å². The minimum Gasteiger partial charge on any atom is -0.469 e. The molecule has 0 saturated carbocycles. The fourth-order valence-electron chi connectivity index (χ4n) is 1.37. The molecule has 0 spiro atoms. The predicted molar refractivity (Wildman–Crippen MR) is 67.7 cm³/mol. The summed E-state index contributed by atoms with van der Waals surface area (Å²) in [5.41, 5.74) is 5.17. The largest absolute Gasteiger partial charge is 0.469 e. The summed E-state index contributed by atoms with van der Waals surface area (Å²) >= 11 is 1.78. The molecule has 100 valence electrons. The van der Waals surface area contributed by atoms with Crippen LogP contribution in [-0.2, 0) is 15.7 Å². The van der Waals surface area contributed by atoms with Gasteiger partial charge in [0.1, 0.15) is 0 Å². The van der Waals surface area contributed by atoms with Crippen molar-refractivity contribution < 1.29 is 22.7 Å². The van der Waals surface area contributed by atoms with Crippen LogP contribution in [0.1, 0.15) is 23.6 Å². The van der Waals surface area contributed by atoms with E-state index in [9.17, 15) is 18.0 Å². The van der Waals surface area contributed by atoms with E-state index in [1.165, 1.54) is 13.2 Å². The first-order valence-electron chi connectivity index (χ1n) is 4.94.